The highest BCUT2D eigenvalue weighted by atomic mass is 16.5. The van der Waals surface area contributed by atoms with Gasteiger partial charge in [-0.2, -0.15) is 0 Å². The van der Waals surface area contributed by atoms with Crippen molar-refractivity contribution in [3.8, 4) is 11.5 Å². The zero-order chi connectivity index (χ0) is 13.7. The van der Waals surface area contributed by atoms with Gasteiger partial charge in [0.25, 0.3) is 0 Å². The SMILES string of the molecule is COc1cccc(CO)c1OCc1ccccc1C. The second-order valence-electron chi connectivity index (χ2n) is 4.32. The fourth-order valence-corrected chi connectivity index (χ4v) is 1.93. The summed E-state index contributed by atoms with van der Waals surface area (Å²) < 4.78 is 11.1. The zero-order valence-corrected chi connectivity index (χ0v) is 11.2. The molecule has 0 heterocycles. The van der Waals surface area contributed by atoms with Crippen LogP contribution in [0.2, 0.25) is 0 Å². The molecule has 0 radical (unpaired) electrons. The summed E-state index contributed by atoms with van der Waals surface area (Å²) in [6, 6.07) is 13.6. The number of aliphatic hydroxyl groups is 1. The minimum Gasteiger partial charge on any atom is -0.493 e. The molecule has 0 spiro atoms. The van der Waals surface area contributed by atoms with Crippen LogP contribution in [0.4, 0.5) is 0 Å². The Bertz CT molecular complexity index is 527. The first-order chi connectivity index (χ1) is 9.26. The van der Waals surface area contributed by atoms with E-state index in [0.717, 1.165) is 11.1 Å². The van der Waals surface area contributed by atoms with Gasteiger partial charge in [0.1, 0.15) is 6.61 Å². The number of hydrogen-bond donors (Lipinski definition) is 1. The first-order valence-corrected chi connectivity index (χ1v) is 6.20. The highest BCUT2D eigenvalue weighted by Crippen LogP contribution is 2.31. The number of ether oxygens (including phenoxy) is 2. The maximum absolute atomic E-state index is 9.35. The second kappa shape index (κ2) is 6.25. The molecule has 3 heteroatoms. The highest BCUT2D eigenvalue weighted by Gasteiger charge is 2.10. The van der Waals surface area contributed by atoms with E-state index in [-0.39, 0.29) is 6.61 Å². The van der Waals surface area contributed by atoms with Gasteiger partial charge in [0, 0.05) is 5.56 Å². The average molecular weight is 258 g/mol. The predicted molar refractivity (Wildman–Crippen MR) is 74.4 cm³/mol. The van der Waals surface area contributed by atoms with Gasteiger partial charge in [0.15, 0.2) is 11.5 Å². The molecule has 0 aliphatic carbocycles. The van der Waals surface area contributed by atoms with Crippen LogP contribution in [0.5, 0.6) is 11.5 Å². The molecule has 19 heavy (non-hydrogen) atoms. The first-order valence-electron chi connectivity index (χ1n) is 6.20. The Morgan fingerprint density at radius 3 is 2.42 bits per heavy atom. The molecular weight excluding hydrogens is 240 g/mol. The largest absolute Gasteiger partial charge is 0.493 e. The summed E-state index contributed by atoms with van der Waals surface area (Å²) >= 11 is 0. The molecule has 0 bridgehead atoms. The van der Waals surface area contributed by atoms with Gasteiger partial charge in [-0.05, 0) is 24.1 Å². The van der Waals surface area contributed by atoms with E-state index < -0.39 is 0 Å². The van der Waals surface area contributed by atoms with Gasteiger partial charge in [-0.15, -0.1) is 0 Å². The number of methoxy groups -OCH3 is 1. The van der Waals surface area contributed by atoms with Crippen molar-refractivity contribution in [3.63, 3.8) is 0 Å². The lowest BCUT2D eigenvalue weighted by Gasteiger charge is -2.14. The lowest BCUT2D eigenvalue weighted by molar-refractivity contribution is 0.249. The maximum Gasteiger partial charge on any atom is 0.167 e. The molecule has 0 saturated heterocycles. The van der Waals surface area contributed by atoms with Gasteiger partial charge >= 0.3 is 0 Å². The molecule has 0 atom stereocenters. The summed E-state index contributed by atoms with van der Waals surface area (Å²) in [5, 5.41) is 9.35. The van der Waals surface area contributed by atoms with E-state index in [1.165, 1.54) is 5.56 Å². The van der Waals surface area contributed by atoms with Gasteiger partial charge in [0.05, 0.1) is 13.7 Å². The van der Waals surface area contributed by atoms with Crippen molar-refractivity contribution in [3.05, 3.63) is 59.2 Å². The minimum atomic E-state index is -0.0691. The normalized spacial score (nSPS) is 10.3. The van der Waals surface area contributed by atoms with E-state index >= 15 is 0 Å². The minimum absolute atomic E-state index is 0.0691. The van der Waals surface area contributed by atoms with Gasteiger partial charge in [-0.25, -0.2) is 0 Å². The van der Waals surface area contributed by atoms with E-state index in [1.807, 2.05) is 49.4 Å². The molecule has 0 unspecified atom stereocenters. The van der Waals surface area contributed by atoms with Crippen LogP contribution < -0.4 is 9.47 Å². The summed E-state index contributed by atoms with van der Waals surface area (Å²) in [6.45, 7) is 2.44. The molecule has 2 rings (SSSR count). The summed E-state index contributed by atoms with van der Waals surface area (Å²) in [7, 11) is 1.59. The van der Waals surface area contributed by atoms with Crippen molar-refractivity contribution in [1.29, 1.82) is 0 Å². The molecular formula is C16H18O3. The fraction of sp³-hybridized carbons (Fsp3) is 0.250. The van der Waals surface area contributed by atoms with Crippen molar-refractivity contribution in [2.45, 2.75) is 20.1 Å². The highest BCUT2D eigenvalue weighted by molar-refractivity contribution is 5.46. The van der Waals surface area contributed by atoms with E-state index in [0.29, 0.717) is 18.1 Å². The topological polar surface area (TPSA) is 38.7 Å². The van der Waals surface area contributed by atoms with Crippen molar-refractivity contribution < 1.29 is 14.6 Å². The fourth-order valence-electron chi connectivity index (χ4n) is 1.93. The van der Waals surface area contributed by atoms with E-state index in [2.05, 4.69) is 0 Å². The Hall–Kier alpha value is -2.00. The average Bonchev–Trinajstić information content (AvgIpc) is 2.46. The number of benzene rings is 2. The lowest BCUT2D eigenvalue weighted by Crippen LogP contribution is -2.02. The van der Waals surface area contributed by atoms with Crippen LogP contribution in [0.25, 0.3) is 0 Å². The van der Waals surface area contributed by atoms with Crippen molar-refractivity contribution in [2.24, 2.45) is 0 Å². The predicted octanol–water partition coefficient (Wildman–Crippen LogP) is 3.07. The van der Waals surface area contributed by atoms with E-state index in [1.54, 1.807) is 7.11 Å². The quantitative estimate of drug-likeness (QED) is 0.895. The van der Waals surface area contributed by atoms with Gasteiger partial charge < -0.3 is 14.6 Å². The summed E-state index contributed by atoms with van der Waals surface area (Å²) in [5.41, 5.74) is 3.04. The van der Waals surface area contributed by atoms with E-state index in [4.69, 9.17) is 9.47 Å². The molecule has 0 aromatic heterocycles. The van der Waals surface area contributed by atoms with Crippen LogP contribution in [-0.2, 0) is 13.2 Å². The van der Waals surface area contributed by atoms with Crippen LogP contribution in [0, 0.1) is 6.92 Å². The smallest absolute Gasteiger partial charge is 0.167 e. The molecule has 2 aromatic rings. The molecule has 0 amide bonds. The molecule has 0 fully saturated rings. The van der Waals surface area contributed by atoms with Crippen LogP contribution in [0.3, 0.4) is 0 Å². The molecule has 1 N–H and O–H groups in total. The number of hydrogen-bond acceptors (Lipinski definition) is 3. The van der Waals surface area contributed by atoms with Crippen LogP contribution >= 0.6 is 0 Å². The van der Waals surface area contributed by atoms with Crippen molar-refractivity contribution >= 4 is 0 Å². The third-order valence-electron chi connectivity index (χ3n) is 3.08. The Morgan fingerprint density at radius 1 is 1.00 bits per heavy atom. The van der Waals surface area contributed by atoms with Crippen LogP contribution in [0.1, 0.15) is 16.7 Å². The Morgan fingerprint density at radius 2 is 1.74 bits per heavy atom. The summed E-state index contributed by atoms with van der Waals surface area (Å²) in [4.78, 5) is 0. The van der Waals surface area contributed by atoms with Crippen LogP contribution in [0.15, 0.2) is 42.5 Å². The third-order valence-corrected chi connectivity index (χ3v) is 3.08. The van der Waals surface area contributed by atoms with Crippen LogP contribution in [-0.4, -0.2) is 12.2 Å². The molecule has 2 aromatic carbocycles. The maximum atomic E-state index is 9.35. The molecule has 0 aliphatic rings. The van der Waals surface area contributed by atoms with Crippen molar-refractivity contribution in [1.82, 2.24) is 0 Å². The van der Waals surface area contributed by atoms with E-state index in [9.17, 15) is 5.11 Å². The van der Waals surface area contributed by atoms with Gasteiger partial charge in [-0.1, -0.05) is 36.4 Å². The lowest BCUT2D eigenvalue weighted by atomic mass is 10.1. The number of para-hydroxylation sites is 1. The Kier molecular flexibility index (Phi) is 4.42. The van der Waals surface area contributed by atoms with Crippen molar-refractivity contribution in [2.75, 3.05) is 7.11 Å². The molecule has 3 nitrogen and oxygen atoms in total. The molecule has 100 valence electrons. The molecule has 0 aliphatic heterocycles. The van der Waals surface area contributed by atoms with Gasteiger partial charge in [-0.3, -0.25) is 0 Å². The standard InChI is InChI=1S/C16H18O3/c1-12-6-3-4-7-14(12)11-19-16-13(10-17)8-5-9-15(16)18-2/h3-9,17H,10-11H2,1-2H3. The number of aryl methyl sites for hydroxylation is 1. The molecule has 0 saturated carbocycles. The second-order valence-corrected chi connectivity index (χ2v) is 4.32. The number of aliphatic hydroxyl groups excluding tert-OH is 1. The summed E-state index contributed by atoms with van der Waals surface area (Å²) in [6.07, 6.45) is 0. The monoisotopic (exact) mass is 258 g/mol. The van der Waals surface area contributed by atoms with Gasteiger partial charge in [0.2, 0.25) is 0 Å². The Balaban J connectivity index is 2.21. The zero-order valence-electron chi connectivity index (χ0n) is 11.2. The number of rotatable bonds is 5. The first kappa shape index (κ1) is 13.4. The summed E-state index contributed by atoms with van der Waals surface area (Å²) in [5.74, 6) is 1.25. The Labute approximate surface area is 113 Å². The third kappa shape index (κ3) is 3.06.